The Morgan fingerprint density at radius 1 is 1.44 bits per heavy atom. The first kappa shape index (κ1) is 11.5. The van der Waals surface area contributed by atoms with Crippen molar-refractivity contribution < 1.29 is 4.39 Å². The number of nitrogens with one attached hydrogen (secondary N) is 1. The first-order chi connectivity index (χ1) is 7.65. The summed E-state index contributed by atoms with van der Waals surface area (Å²) in [5.74, 6) is 0.654. The third-order valence-electron chi connectivity index (χ3n) is 3.14. The van der Waals surface area contributed by atoms with Crippen molar-refractivity contribution in [3.05, 3.63) is 29.8 Å². The molecular weight excluding hydrogens is 203 g/mol. The summed E-state index contributed by atoms with van der Waals surface area (Å²) in [5, 5.41) is 3.49. The van der Waals surface area contributed by atoms with E-state index < -0.39 is 0 Å². The monoisotopic (exact) mass is 222 g/mol. The van der Waals surface area contributed by atoms with Crippen molar-refractivity contribution in [2.24, 2.45) is 5.92 Å². The van der Waals surface area contributed by atoms with Crippen LogP contribution in [0.5, 0.6) is 0 Å². The highest BCUT2D eigenvalue weighted by atomic mass is 19.1. The summed E-state index contributed by atoms with van der Waals surface area (Å²) in [6, 6.07) is 2.21. The van der Waals surface area contributed by atoms with Crippen LogP contribution < -0.4 is 5.32 Å². The molecule has 0 spiro atoms. The number of halogens is 1. The van der Waals surface area contributed by atoms with Crippen molar-refractivity contribution in [2.75, 3.05) is 0 Å². The first-order valence-electron chi connectivity index (χ1n) is 6.01. The highest BCUT2D eigenvalue weighted by molar-refractivity contribution is 5.14. The number of rotatable bonds is 5. The molecule has 1 aromatic heterocycles. The van der Waals surface area contributed by atoms with Crippen LogP contribution in [0.3, 0.4) is 0 Å². The van der Waals surface area contributed by atoms with Gasteiger partial charge in [0.1, 0.15) is 5.82 Å². The van der Waals surface area contributed by atoms with E-state index in [0.29, 0.717) is 6.04 Å². The summed E-state index contributed by atoms with van der Waals surface area (Å²) < 4.78 is 13.0. The molecule has 2 unspecified atom stereocenters. The maximum absolute atomic E-state index is 13.0. The molecule has 3 heteroatoms. The summed E-state index contributed by atoms with van der Waals surface area (Å²) in [6.07, 6.45) is 6.95. The quantitative estimate of drug-likeness (QED) is 0.828. The molecule has 1 fully saturated rings. The molecule has 88 valence electrons. The molecule has 1 heterocycles. The second-order valence-corrected chi connectivity index (χ2v) is 4.90. The Bertz CT molecular complexity index is 350. The lowest BCUT2D eigenvalue weighted by Gasteiger charge is -2.20. The third kappa shape index (κ3) is 3.27. The summed E-state index contributed by atoms with van der Waals surface area (Å²) >= 11 is 0. The van der Waals surface area contributed by atoms with Gasteiger partial charge in [-0.3, -0.25) is 4.98 Å². The molecule has 0 aromatic carbocycles. The molecule has 16 heavy (non-hydrogen) atoms. The van der Waals surface area contributed by atoms with Gasteiger partial charge in [0.15, 0.2) is 0 Å². The lowest BCUT2D eigenvalue weighted by atomic mass is 10.1. The summed E-state index contributed by atoms with van der Waals surface area (Å²) in [4.78, 5) is 3.87. The molecule has 1 aliphatic rings. The molecule has 1 saturated carbocycles. The Labute approximate surface area is 96.3 Å². The third-order valence-corrected chi connectivity index (χ3v) is 3.14. The molecule has 1 aromatic rings. The molecule has 1 N–H and O–H groups in total. The average Bonchev–Trinajstić information content (AvgIpc) is 3.01. The van der Waals surface area contributed by atoms with E-state index in [1.54, 1.807) is 12.3 Å². The molecule has 2 atom stereocenters. The van der Waals surface area contributed by atoms with Crippen LogP contribution in [-0.2, 0) is 0 Å². The zero-order chi connectivity index (χ0) is 11.5. The van der Waals surface area contributed by atoms with Crippen LogP contribution in [0.4, 0.5) is 4.39 Å². The summed E-state index contributed by atoms with van der Waals surface area (Å²) in [6.45, 7) is 4.25. The molecule has 1 aliphatic carbocycles. The highest BCUT2D eigenvalue weighted by Gasteiger charge is 2.24. The Kier molecular flexibility index (Phi) is 3.54. The van der Waals surface area contributed by atoms with Gasteiger partial charge in [-0.25, -0.2) is 4.39 Å². The number of hydrogen-bond acceptors (Lipinski definition) is 2. The van der Waals surface area contributed by atoms with Crippen LogP contribution in [0.25, 0.3) is 0 Å². The fourth-order valence-electron chi connectivity index (χ4n) is 2.11. The lowest BCUT2D eigenvalue weighted by molar-refractivity contribution is 0.436. The van der Waals surface area contributed by atoms with Gasteiger partial charge < -0.3 is 5.32 Å². The van der Waals surface area contributed by atoms with E-state index in [1.165, 1.54) is 25.5 Å². The van der Waals surface area contributed by atoms with Crippen molar-refractivity contribution in [3.63, 3.8) is 0 Å². The Hall–Kier alpha value is -0.960. The van der Waals surface area contributed by atoms with Crippen LogP contribution >= 0.6 is 0 Å². The Morgan fingerprint density at radius 2 is 2.19 bits per heavy atom. The zero-order valence-electron chi connectivity index (χ0n) is 9.91. The van der Waals surface area contributed by atoms with Gasteiger partial charge in [-0.1, -0.05) is 12.8 Å². The van der Waals surface area contributed by atoms with E-state index in [9.17, 15) is 4.39 Å². The van der Waals surface area contributed by atoms with Crippen LogP contribution in [0.15, 0.2) is 18.5 Å². The van der Waals surface area contributed by atoms with Gasteiger partial charge in [-0.05, 0) is 37.8 Å². The van der Waals surface area contributed by atoms with Gasteiger partial charge in [0.25, 0.3) is 0 Å². The van der Waals surface area contributed by atoms with Crippen LogP contribution in [-0.4, -0.2) is 11.0 Å². The van der Waals surface area contributed by atoms with E-state index in [1.807, 2.05) is 0 Å². The standard InChI is InChI=1S/C13H19FN2/c1-9(5-11-3-4-11)16-10(2)12-6-13(14)8-15-7-12/h6-11,16H,3-5H2,1-2H3. The topological polar surface area (TPSA) is 24.9 Å². The van der Waals surface area contributed by atoms with Crippen molar-refractivity contribution in [2.45, 2.75) is 45.2 Å². The van der Waals surface area contributed by atoms with Crippen molar-refractivity contribution in [1.29, 1.82) is 0 Å². The molecule has 0 saturated heterocycles. The minimum absolute atomic E-state index is 0.164. The van der Waals surface area contributed by atoms with E-state index >= 15 is 0 Å². The molecule has 0 aliphatic heterocycles. The predicted octanol–water partition coefficient (Wildman–Crippen LogP) is 3.06. The summed E-state index contributed by atoms with van der Waals surface area (Å²) in [7, 11) is 0. The summed E-state index contributed by atoms with van der Waals surface area (Å²) in [5.41, 5.74) is 0.919. The molecule has 2 rings (SSSR count). The van der Waals surface area contributed by atoms with Crippen molar-refractivity contribution in [3.8, 4) is 0 Å². The van der Waals surface area contributed by atoms with Gasteiger partial charge in [0, 0.05) is 18.3 Å². The molecule has 0 amide bonds. The highest BCUT2D eigenvalue weighted by Crippen LogP contribution is 2.33. The number of pyridine rings is 1. The molecule has 0 bridgehead atoms. The minimum Gasteiger partial charge on any atom is -0.308 e. The SMILES string of the molecule is CC(CC1CC1)NC(C)c1cncc(F)c1. The number of hydrogen-bond donors (Lipinski definition) is 1. The van der Waals surface area contributed by atoms with Crippen LogP contribution in [0.2, 0.25) is 0 Å². The van der Waals surface area contributed by atoms with E-state index in [2.05, 4.69) is 24.1 Å². The number of nitrogens with zero attached hydrogens (tertiary/aromatic N) is 1. The van der Waals surface area contributed by atoms with Gasteiger partial charge in [-0.15, -0.1) is 0 Å². The predicted molar refractivity (Wildman–Crippen MR) is 62.5 cm³/mol. The van der Waals surface area contributed by atoms with Crippen molar-refractivity contribution >= 4 is 0 Å². The van der Waals surface area contributed by atoms with Crippen molar-refractivity contribution in [1.82, 2.24) is 10.3 Å². The van der Waals surface area contributed by atoms with Gasteiger partial charge >= 0.3 is 0 Å². The Balaban J connectivity index is 1.88. The maximum atomic E-state index is 13.0. The van der Waals surface area contributed by atoms with Gasteiger partial charge in [-0.2, -0.15) is 0 Å². The second-order valence-electron chi connectivity index (χ2n) is 4.90. The van der Waals surface area contributed by atoms with Gasteiger partial charge in [0.2, 0.25) is 0 Å². The molecule has 0 radical (unpaired) electrons. The minimum atomic E-state index is -0.263. The largest absolute Gasteiger partial charge is 0.308 e. The number of aromatic nitrogens is 1. The van der Waals surface area contributed by atoms with E-state index in [-0.39, 0.29) is 11.9 Å². The Morgan fingerprint density at radius 3 is 2.81 bits per heavy atom. The fraction of sp³-hybridized carbons (Fsp3) is 0.615. The maximum Gasteiger partial charge on any atom is 0.141 e. The van der Waals surface area contributed by atoms with Crippen LogP contribution in [0.1, 0.15) is 44.7 Å². The van der Waals surface area contributed by atoms with Gasteiger partial charge in [0.05, 0.1) is 6.20 Å². The normalized spacial score (nSPS) is 19.4. The first-order valence-corrected chi connectivity index (χ1v) is 6.01. The smallest absolute Gasteiger partial charge is 0.141 e. The van der Waals surface area contributed by atoms with E-state index in [4.69, 9.17) is 0 Å². The molecular formula is C13H19FN2. The van der Waals surface area contributed by atoms with Crippen LogP contribution in [0, 0.1) is 11.7 Å². The fourth-order valence-corrected chi connectivity index (χ4v) is 2.11. The average molecular weight is 222 g/mol. The van der Waals surface area contributed by atoms with E-state index in [0.717, 1.165) is 11.5 Å². The lowest BCUT2D eigenvalue weighted by Crippen LogP contribution is -2.29. The molecule has 2 nitrogen and oxygen atoms in total. The zero-order valence-corrected chi connectivity index (χ0v) is 9.91. The second kappa shape index (κ2) is 4.91.